The van der Waals surface area contributed by atoms with Crippen molar-refractivity contribution in [3.05, 3.63) is 54.1 Å². The zero-order valence-corrected chi connectivity index (χ0v) is 16.6. The van der Waals surface area contributed by atoms with Gasteiger partial charge in [-0.25, -0.2) is 4.79 Å². The van der Waals surface area contributed by atoms with Crippen LogP contribution in [0.4, 0.5) is 10.5 Å². The maximum Gasteiger partial charge on any atom is 0.317 e. The third kappa shape index (κ3) is 5.09. The molecule has 0 spiro atoms. The van der Waals surface area contributed by atoms with Gasteiger partial charge in [0.1, 0.15) is 11.5 Å². The molecule has 1 aliphatic heterocycles. The van der Waals surface area contributed by atoms with E-state index < -0.39 is 0 Å². The molecule has 150 valence electrons. The van der Waals surface area contributed by atoms with Crippen molar-refractivity contribution >= 4 is 11.7 Å². The van der Waals surface area contributed by atoms with Crippen LogP contribution in [0.1, 0.15) is 18.9 Å². The lowest BCUT2D eigenvalue weighted by molar-refractivity contribution is 0.190. The van der Waals surface area contributed by atoms with Gasteiger partial charge in [0.15, 0.2) is 0 Å². The molecular formula is C22H29N3O3. The number of nitrogens with zero attached hydrogens (tertiary/aromatic N) is 2. The molecule has 3 rings (SSSR count). The SMILES string of the molecule is COc1ccccc1N1CCN(C(=O)NC(C)CCc2ccc(O)cc2)CC1. The van der Waals surface area contributed by atoms with Crippen LogP contribution < -0.4 is 15.0 Å². The highest BCUT2D eigenvalue weighted by molar-refractivity contribution is 5.75. The average molecular weight is 383 g/mol. The molecule has 28 heavy (non-hydrogen) atoms. The molecule has 2 N–H and O–H groups in total. The minimum Gasteiger partial charge on any atom is -0.508 e. The van der Waals surface area contributed by atoms with E-state index in [2.05, 4.69) is 16.3 Å². The number of phenolic OH excluding ortho intramolecular Hbond substituents is 1. The van der Waals surface area contributed by atoms with Crippen LogP contribution in [0.3, 0.4) is 0 Å². The van der Waals surface area contributed by atoms with E-state index in [0.29, 0.717) is 13.1 Å². The second-order valence-corrected chi connectivity index (χ2v) is 7.20. The van der Waals surface area contributed by atoms with E-state index in [9.17, 15) is 9.90 Å². The molecule has 1 aliphatic rings. The van der Waals surface area contributed by atoms with Gasteiger partial charge in [-0.3, -0.25) is 0 Å². The number of aromatic hydroxyl groups is 1. The van der Waals surface area contributed by atoms with E-state index in [-0.39, 0.29) is 17.8 Å². The number of carbonyl (C=O) groups excluding carboxylic acids is 1. The van der Waals surface area contributed by atoms with Gasteiger partial charge in [0, 0.05) is 32.2 Å². The summed E-state index contributed by atoms with van der Waals surface area (Å²) in [6.45, 7) is 4.98. The van der Waals surface area contributed by atoms with Crippen LogP contribution in [0.15, 0.2) is 48.5 Å². The second kappa shape index (κ2) is 9.35. The number of anilines is 1. The van der Waals surface area contributed by atoms with Crippen molar-refractivity contribution in [3.63, 3.8) is 0 Å². The third-order valence-corrected chi connectivity index (χ3v) is 5.16. The van der Waals surface area contributed by atoms with Crippen LogP contribution in [-0.2, 0) is 6.42 Å². The molecular weight excluding hydrogens is 354 g/mol. The van der Waals surface area contributed by atoms with Crippen molar-refractivity contribution in [2.45, 2.75) is 25.8 Å². The zero-order valence-electron chi connectivity index (χ0n) is 16.6. The van der Waals surface area contributed by atoms with Gasteiger partial charge in [-0.05, 0) is 49.6 Å². The topological polar surface area (TPSA) is 65.0 Å². The molecule has 0 aromatic heterocycles. The number of methoxy groups -OCH3 is 1. The third-order valence-electron chi connectivity index (χ3n) is 5.16. The van der Waals surface area contributed by atoms with Crippen molar-refractivity contribution in [2.24, 2.45) is 0 Å². The van der Waals surface area contributed by atoms with Crippen LogP contribution in [0, 0.1) is 0 Å². The van der Waals surface area contributed by atoms with Crippen molar-refractivity contribution in [1.82, 2.24) is 10.2 Å². The summed E-state index contributed by atoms with van der Waals surface area (Å²) in [5.41, 5.74) is 2.23. The predicted molar refractivity (Wildman–Crippen MR) is 111 cm³/mol. The van der Waals surface area contributed by atoms with E-state index in [1.165, 1.54) is 0 Å². The van der Waals surface area contributed by atoms with Crippen LogP contribution >= 0.6 is 0 Å². The number of piperazine rings is 1. The highest BCUT2D eigenvalue weighted by Gasteiger charge is 2.23. The summed E-state index contributed by atoms with van der Waals surface area (Å²) >= 11 is 0. The molecule has 1 atom stereocenters. The molecule has 2 aromatic rings. The Morgan fingerprint density at radius 2 is 1.79 bits per heavy atom. The Bertz CT molecular complexity index is 771. The standard InChI is InChI=1S/C22H29N3O3/c1-17(7-8-18-9-11-19(26)12-10-18)23-22(27)25-15-13-24(14-16-25)20-5-3-4-6-21(20)28-2/h3-6,9-12,17,26H,7-8,13-16H2,1-2H3,(H,23,27). The number of urea groups is 1. The number of hydrogen-bond donors (Lipinski definition) is 2. The number of phenols is 1. The van der Waals surface area contributed by atoms with Gasteiger partial charge in [0.05, 0.1) is 12.8 Å². The molecule has 6 heteroatoms. The number of ether oxygens (including phenoxy) is 1. The van der Waals surface area contributed by atoms with Gasteiger partial charge in [0.25, 0.3) is 0 Å². The van der Waals surface area contributed by atoms with Gasteiger partial charge >= 0.3 is 6.03 Å². The summed E-state index contributed by atoms with van der Waals surface area (Å²) in [6.07, 6.45) is 1.72. The van der Waals surface area contributed by atoms with Crippen LogP contribution in [0.25, 0.3) is 0 Å². The minimum atomic E-state index is -0.00196. The second-order valence-electron chi connectivity index (χ2n) is 7.20. The Hall–Kier alpha value is -2.89. The van der Waals surface area contributed by atoms with Crippen molar-refractivity contribution in [1.29, 1.82) is 0 Å². The maximum absolute atomic E-state index is 12.6. The first-order chi connectivity index (χ1) is 13.6. The van der Waals surface area contributed by atoms with Crippen molar-refractivity contribution in [2.75, 3.05) is 38.2 Å². The van der Waals surface area contributed by atoms with Gasteiger partial charge < -0.3 is 25.0 Å². The minimum absolute atomic E-state index is 0.00196. The van der Waals surface area contributed by atoms with Crippen molar-refractivity contribution in [3.8, 4) is 11.5 Å². The summed E-state index contributed by atoms with van der Waals surface area (Å²) in [5, 5.41) is 12.4. The molecule has 6 nitrogen and oxygen atoms in total. The monoisotopic (exact) mass is 383 g/mol. The lowest BCUT2D eigenvalue weighted by Crippen LogP contribution is -2.53. The molecule has 0 saturated carbocycles. The molecule has 1 heterocycles. The lowest BCUT2D eigenvalue weighted by atomic mass is 10.1. The quantitative estimate of drug-likeness (QED) is 0.804. The van der Waals surface area contributed by atoms with E-state index in [1.54, 1.807) is 19.2 Å². The number of benzene rings is 2. The summed E-state index contributed by atoms with van der Waals surface area (Å²) < 4.78 is 5.45. The van der Waals surface area contributed by atoms with E-state index in [0.717, 1.165) is 42.9 Å². The number of hydrogen-bond acceptors (Lipinski definition) is 4. The molecule has 1 fully saturated rings. The fourth-order valence-corrected chi connectivity index (χ4v) is 3.46. The first-order valence-electron chi connectivity index (χ1n) is 9.78. The van der Waals surface area contributed by atoms with Gasteiger partial charge in [-0.2, -0.15) is 0 Å². The summed E-state index contributed by atoms with van der Waals surface area (Å²) in [7, 11) is 1.68. The Labute approximate surface area is 166 Å². The number of amides is 2. The number of rotatable bonds is 6. The Morgan fingerprint density at radius 3 is 2.46 bits per heavy atom. The summed E-state index contributed by atoms with van der Waals surface area (Å²) in [6, 6.07) is 15.3. The number of carbonyl (C=O) groups is 1. The molecule has 2 amide bonds. The predicted octanol–water partition coefficient (Wildman–Crippen LogP) is 3.25. The Morgan fingerprint density at radius 1 is 1.11 bits per heavy atom. The number of aryl methyl sites for hydroxylation is 1. The smallest absolute Gasteiger partial charge is 0.317 e. The highest BCUT2D eigenvalue weighted by Crippen LogP contribution is 2.28. The fraction of sp³-hybridized carbons (Fsp3) is 0.409. The Kier molecular flexibility index (Phi) is 6.63. The summed E-state index contributed by atoms with van der Waals surface area (Å²) in [4.78, 5) is 16.7. The van der Waals surface area contributed by atoms with Crippen LogP contribution in [-0.4, -0.2) is 55.4 Å². The molecule has 2 aromatic carbocycles. The average Bonchev–Trinajstić information content (AvgIpc) is 2.73. The normalized spacial score (nSPS) is 15.2. The highest BCUT2D eigenvalue weighted by atomic mass is 16.5. The maximum atomic E-state index is 12.6. The van der Waals surface area contributed by atoms with Gasteiger partial charge in [0.2, 0.25) is 0 Å². The number of para-hydroxylation sites is 2. The molecule has 0 bridgehead atoms. The fourth-order valence-electron chi connectivity index (χ4n) is 3.46. The van der Waals surface area contributed by atoms with E-state index in [4.69, 9.17) is 4.74 Å². The molecule has 1 saturated heterocycles. The molecule has 1 unspecified atom stereocenters. The molecule has 0 radical (unpaired) electrons. The van der Waals surface area contributed by atoms with E-state index in [1.807, 2.05) is 42.2 Å². The van der Waals surface area contributed by atoms with Gasteiger partial charge in [-0.15, -0.1) is 0 Å². The van der Waals surface area contributed by atoms with Gasteiger partial charge in [-0.1, -0.05) is 24.3 Å². The zero-order chi connectivity index (χ0) is 19.9. The van der Waals surface area contributed by atoms with Crippen molar-refractivity contribution < 1.29 is 14.6 Å². The largest absolute Gasteiger partial charge is 0.508 e. The molecule has 0 aliphatic carbocycles. The first-order valence-corrected chi connectivity index (χ1v) is 9.78. The van der Waals surface area contributed by atoms with E-state index >= 15 is 0 Å². The number of nitrogens with one attached hydrogen (secondary N) is 1. The Balaban J connectivity index is 1.45. The lowest BCUT2D eigenvalue weighted by Gasteiger charge is -2.37. The summed E-state index contributed by atoms with van der Waals surface area (Å²) in [5.74, 6) is 1.14. The van der Waals surface area contributed by atoms with Crippen LogP contribution in [0.2, 0.25) is 0 Å². The first kappa shape index (κ1) is 19.9. The van der Waals surface area contributed by atoms with Crippen LogP contribution in [0.5, 0.6) is 11.5 Å².